The molecule has 0 saturated carbocycles. The molecule has 0 bridgehead atoms. The third kappa shape index (κ3) is 3.99. The molecule has 0 saturated heterocycles. The van der Waals surface area contributed by atoms with Crippen molar-refractivity contribution in [3.05, 3.63) is 76.3 Å². The molecule has 10 nitrogen and oxygen atoms in total. The number of carbonyl (C=O) groups excluding carboxylic acids is 3. The highest BCUT2D eigenvalue weighted by molar-refractivity contribution is 7.90. The molecule has 12 heteroatoms. The normalized spacial score (nSPS) is 13.4. The van der Waals surface area contributed by atoms with Crippen LogP contribution in [0.2, 0.25) is 5.02 Å². The Balaban J connectivity index is 1.45. The number of hydrogen-bond donors (Lipinski definition) is 1. The zero-order valence-corrected chi connectivity index (χ0v) is 18.2. The quantitative estimate of drug-likeness (QED) is 0.537. The highest BCUT2D eigenvalue weighted by atomic mass is 35.5. The number of imide groups is 1. The number of amides is 3. The molecule has 0 aliphatic carbocycles. The van der Waals surface area contributed by atoms with Crippen molar-refractivity contribution in [2.24, 2.45) is 0 Å². The highest BCUT2D eigenvalue weighted by Gasteiger charge is 2.35. The van der Waals surface area contributed by atoms with Gasteiger partial charge in [-0.3, -0.25) is 19.3 Å². The second-order valence-electron chi connectivity index (χ2n) is 6.90. The fraction of sp³-hybridized carbons (Fsp3) is 0.150. The molecule has 3 amide bonds. The molecule has 2 aromatic carbocycles. The highest BCUT2D eigenvalue weighted by Crippen LogP contribution is 2.22. The maximum atomic E-state index is 12.4. The average Bonchev–Trinajstić information content (AvgIpc) is 3.25. The van der Waals surface area contributed by atoms with E-state index in [9.17, 15) is 22.8 Å². The van der Waals surface area contributed by atoms with Crippen LogP contribution in [-0.2, 0) is 10.0 Å². The van der Waals surface area contributed by atoms with Gasteiger partial charge in [-0.1, -0.05) is 35.9 Å². The summed E-state index contributed by atoms with van der Waals surface area (Å²) in [4.78, 5) is 42.0. The second-order valence-corrected chi connectivity index (χ2v) is 9.15. The van der Waals surface area contributed by atoms with Crippen molar-refractivity contribution < 1.29 is 22.8 Å². The number of halogens is 1. The Hall–Kier alpha value is -3.57. The van der Waals surface area contributed by atoms with Crippen molar-refractivity contribution in [1.29, 1.82) is 0 Å². The Kier molecular flexibility index (Phi) is 5.53. The molecular weight excluding hydrogens is 458 g/mol. The molecule has 1 aromatic heterocycles. The number of para-hydroxylation sites is 1. The van der Waals surface area contributed by atoms with E-state index < -0.39 is 40.0 Å². The first-order valence-electron chi connectivity index (χ1n) is 9.36. The van der Waals surface area contributed by atoms with Gasteiger partial charge >= 0.3 is 5.91 Å². The number of rotatable bonds is 6. The Morgan fingerprint density at radius 2 is 1.62 bits per heavy atom. The van der Waals surface area contributed by atoms with E-state index in [1.165, 1.54) is 16.8 Å². The predicted octanol–water partition coefficient (Wildman–Crippen LogP) is 1.58. The molecule has 4 rings (SSSR count). The van der Waals surface area contributed by atoms with Gasteiger partial charge in [0.25, 0.3) is 11.8 Å². The van der Waals surface area contributed by atoms with Crippen molar-refractivity contribution in [2.45, 2.75) is 6.92 Å². The summed E-state index contributed by atoms with van der Waals surface area (Å²) in [6.45, 7) is 1.18. The van der Waals surface area contributed by atoms with Gasteiger partial charge in [0.05, 0.1) is 27.6 Å². The second kappa shape index (κ2) is 8.17. The maximum absolute atomic E-state index is 12.4. The topological polar surface area (TPSA) is 131 Å². The number of nitrogens with one attached hydrogen (secondary N) is 1. The Morgan fingerprint density at radius 3 is 2.25 bits per heavy atom. The Bertz CT molecular complexity index is 1330. The summed E-state index contributed by atoms with van der Waals surface area (Å²) < 4.78 is 28.0. The van der Waals surface area contributed by atoms with E-state index >= 15 is 0 Å². The first-order valence-corrected chi connectivity index (χ1v) is 11.4. The lowest BCUT2D eigenvalue weighted by Gasteiger charge is -2.13. The first-order chi connectivity index (χ1) is 15.2. The van der Waals surface area contributed by atoms with Crippen LogP contribution >= 0.6 is 11.6 Å². The van der Waals surface area contributed by atoms with Crippen molar-refractivity contribution in [3.63, 3.8) is 0 Å². The van der Waals surface area contributed by atoms with E-state index in [2.05, 4.69) is 10.1 Å². The molecular formula is C20H16ClN5O5S. The summed E-state index contributed by atoms with van der Waals surface area (Å²) in [5.74, 6) is -2.90. The number of aryl methyl sites for hydroxylation is 1. The third-order valence-corrected chi connectivity index (χ3v) is 6.30. The van der Waals surface area contributed by atoms with Crippen molar-refractivity contribution in [3.8, 4) is 5.69 Å². The molecule has 0 atom stereocenters. The molecule has 2 heterocycles. The summed E-state index contributed by atoms with van der Waals surface area (Å²) >= 11 is 6.14. The van der Waals surface area contributed by atoms with Crippen LogP contribution in [0.1, 0.15) is 37.2 Å². The lowest BCUT2D eigenvalue weighted by Crippen LogP contribution is -2.39. The van der Waals surface area contributed by atoms with E-state index in [-0.39, 0.29) is 17.0 Å². The number of fused-ring (bicyclic) bond motifs is 1. The molecule has 0 unspecified atom stereocenters. The summed E-state index contributed by atoms with van der Waals surface area (Å²) in [6, 6.07) is 13.0. The molecule has 0 radical (unpaired) electrons. The van der Waals surface area contributed by atoms with Gasteiger partial charge in [0.2, 0.25) is 15.8 Å². The van der Waals surface area contributed by atoms with E-state index in [1.807, 2.05) is 4.72 Å². The van der Waals surface area contributed by atoms with Crippen LogP contribution < -0.4 is 4.72 Å². The number of aromatic nitrogens is 3. The van der Waals surface area contributed by atoms with Gasteiger partial charge in [0.1, 0.15) is 5.82 Å². The number of carbonyl (C=O) groups is 3. The van der Waals surface area contributed by atoms with Gasteiger partial charge in [-0.15, -0.1) is 5.10 Å². The van der Waals surface area contributed by atoms with Crippen LogP contribution in [0.25, 0.3) is 5.69 Å². The molecule has 0 spiro atoms. The van der Waals surface area contributed by atoms with Crippen LogP contribution in [0.5, 0.6) is 0 Å². The van der Waals surface area contributed by atoms with Gasteiger partial charge in [-0.2, -0.15) is 0 Å². The molecule has 32 heavy (non-hydrogen) atoms. The molecule has 1 aliphatic rings. The van der Waals surface area contributed by atoms with Crippen molar-refractivity contribution in [1.82, 2.24) is 24.4 Å². The van der Waals surface area contributed by atoms with E-state index in [0.29, 0.717) is 16.5 Å². The largest absolute Gasteiger partial charge is 0.304 e. The van der Waals surface area contributed by atoms with Gasteiger partial charge in [0.15, 0.2) is 0 Å². The number of sulfonamides is 1. The Morgan fingerprint density at radius 1 is 1.03 bits per heavy atom. The van der Waals surface area contributed by atoms with Crippen molar-refractivity contribution in [2.75, 3.05) is 12.3 Å². The summed E-state index contributed by atoms with van der Waals surface area (Å²) in [5, 5.41) is 4.42. The van der Waals surface area contributed by atoms with Gasteiger partial charge in [0, 0.05) is 6.54 Å². The molecule has 1 aliphatic heterocycles. The minimum Gasteiger partial charge on any atom is -0.273 e. The van der Waals surface area contributed by atoms with Crippen LogP contribution in [0, 0.1) is 6.92 Å². The van der Waals surface area contributed by atoms with Gasteiger partial charge in [-0.25, -0.2) is 22.8 Å². The predicted molar refractivity (Wildman–Crippen MR) is 114 cm³/mol. The monoisotopic (exact) mass is 473 g/mol. The lowest BCUT2D eigenvalue weighted by molar-refractivity contribution is 0.0664. The Labute approximate surface area is 187 Å². The maximum Gasteiger partial charge on any atom is 0.304 e. The van der Waals surface area contributed by atoms with Gasteiger partial charge < -0.3 is 0 Å². The minimum absolute atomic E-state index is 0.212. The zero-order chi connectivity index (χ0) is 23.0. The van der Waals surface area contributed by atoms with Crippen LogP contribution in [-0.4, -0.2) is 58.1 Å². The first kappa shape index (κ1) is 21.7. The average molecular weight is 474 g/mol. The van der Waals surface area contributed by atoms with E-state index in [1.54, 1.807) is 43.3 Å². The van der Waals surface area contributed by atoms with Gasteiger partial charge in [-0.05, 0) is 31.2 Å². The third-order valence-electron chi connectivity index (χ3n) is 4.76. The standard InChI is InChI=1S/C20H16ClN5O5S/c1-12-22-17(23-26(12)16-9-5-4-8-15(16)21)18(27)24-32(30,31)11-10-25-19(28)13-6-2-3-7-14(13)20(25)29/h2-9H,10-11H2,1H3,(H,24,27). The molecule has 1 N–H and O–H groups in total. The summed E-state index contributed by atoms with van der Waals surface area (Å²) in [5.41, 5.74) is 0.902. The lowest BCUT2D eigenvalue weighted by atomic mass is 10.1. The van der Waals surface area contributed by atoms with Crippen LogP contribution in [0.4, 0.5) is 0 Å². The van der Waals surface area contributed by atoms with Crippen LogP contribution in [0.3, 0.4) is 0 Å². The van der Waals surface area contributed by atoms with Crippen LogP contribution in [0.15, 0.2) is 48.5 Å². The summed E-state index contributed by atoms with van der Waals surface area (Å²) in [6.07, 6.45) is 0. The summed E-state index contributed by atoms with van der Waals surface area (Å²) in [7, 11) is -4.19. The van der Waals surface area contributed by atoms with E-state index in [4.69, 9.17) is 11.6 Å². The fourth-order valence-corrected chi connectivity index (χ4v) is 4.34. The fourth-order valence-electron chi connectivity index (χ4n) is 3.23. The number of nitrogens with zero attached hydrogens (tertiary/aromatic N) is 4. The minimum atomic E-state index is -4.19. The number of hydrogen-bond acceptors (Lipinski definition) is 7. The molecule has 3 aromatic rings. The number of benzene rings is 2. The molecule has 164 valence electrons. The zero-order valence-electron chi connectivity index (χ0n) is 16.6. The molecule has 0 fully saturated rings. The SMILES string of the molecule is Cc1nc(C(=O)NS(=O)(=O)CCN2C(=O)c3ccccc3C2=O)nn1-c1ccccc1Cl. The van der Waals surface area contributed by atoms with E-state index in [0.717, 1.165) is 4.90 Å². The van der Waals surface area contributed by atoms with Crippen molar-refractivity contribution >= 4 is 39.3 Å². The smallest absolute Gasteiger partial charge is 0.273 e.